The predicted octanol–water partition coefficient (Wildman–Crippen LogP) is 4.84. The van der Waals surface area contributed by atoms with Crippen molar-refractivity contribution in [2.75, 3.05) is 11.1 Å². The fourth-order valence-electron chi connectivity index (χ4n) is 1.96. The zero-order valence-corrected chi connectivity index (χ0v) is 13.4. The van der Waals surface area contributed by atoms with Crippen LogP contribution in [0.5, 0.6) is 0 Å². The maximum atomic E-state index is 12.4. The van der Waals surface area contributed by atoms with Gasteiger partial charge in [-0.25, -0.2) is 0 Å². The summed E-state index contributed by atoms with van der Waals surface area (Å²) in [6.45, 7) is 0. The molecule has 0 saturated carbocycles. The number of carbonyl (C=O) groups excluding carboxylic acids is 1. The molecule has 0 saturated heterocycles. The zero-order chi connectivity index (χ0) is 17.9. The number of furan rings is 1. The number of carbonyl (C=O) groups is 1. The summed E-state index contributed by atoms with van der Waals surface area (Å²) in [5.74, 6) is -0.962. The Kier molecular flexibility index (Phi) is 4.84. The molecule has 0 aliphatic heterocycles. The first kappa shape index (κ1) is 17.2. The molecule has 1 N–H and O–H groups in total. The van der Waals surface area contributed by atoms with Gasteiger partial charge in [0.2, 0.25) is 5.76 Å². The largest absolute Gasteiger partial charge is 0.461 e. The molecule has 0 aliphatic carbocycles. The number of alkyl halides is 3. The molecule has 2 heterocycles. The third kappa shape index (κ3) is 4.44. The number of nitrogens with zero attached hydrogens (tertiary/aromatic N) is 1. The summed E-state index contributed by atoms with van der Waals surface area (Å²) in [6.07, 6.45) is -2.85. The Labute approximate surface area is 144 Å². The molecule has 0 atom stereocenters. The van der Waals surface area contributed by atoms with Gasteiger partial charge in [0.1, 0.15) is 0 Å². The van der Waals surface area contributed by atoms with Crippen molar-refractivity contribution < 1.29 is 26.9 Å². The minimum atomic E-state index is -4.30. The molecular formula is C16H11F3N2O3S. The lowest BCUT2D eigenvalue weighted by Crippen LogP contribution is -2.14. The van der Waals surface area contributed by atoms with Crippen molar-refractivity contribution in [3.05, 3.63) is 54.4 Å². The second-order valence-corrected chi connectivity index (χ2v) is 5.93. The van der Waals surface area contributed by atoms with Crippen LogP contribution < -0.4 is 5.32 Å². The van der Waals surface area contributed by atoms with Gasteiger partial charge in [0.25, 0.3) is 5.91 Å². The lowest BCUT2D eigenvalue weighted by Gasteiger charge is -2.11. The molecule has 0 bridgehead atoms. The van der Waals surface area contributed by atoms with E-state index in [9.17, 15) is 18.0 Å². The van der Waals surface area contributed by atoms with Crippen molar-refractivity contribution in [2.45, 2.75) is 11.1 Å². The maximum Gasteiger partial charge on any atom is 0.398 e. The number of para-hydroxylation sites is 1. The SMILES string of the molecule is O=C(Nc1ccccc1SCC(F)(F)F)c1cc(-c2ccco2)on1. The summed E-state index contributed by atoms with van der Waals surface area (Å²) < 4.78 is 47.4. The second-order valence-electron chi connectivity index (χ2n) is 4.91. The number of halogens is 3. The molecule has 130 valence electrons. The van der Waals surface area contributed by atoms with E-state index in [4.69, 9.17) is 8.94 Å². The highest BCUT2D eigenvalue weighted by atomic mass is 32.2. The lowest BCUT2D eigenvalue weighted by molar-refractivity contribution is -0.105. The normalized spacial score (nSPS) is 11.5. The van der Waals surface area contributed by atoms with Crippen molar-refractivity contribution in [3.8, 4) is 11.5 Å². The summed E-state index contributed by atoms with van der Waals surface area (Å²) in [7, 11) is 0. The van der Waals surface area contributed by atoms with E-state index < -0.39 is 17.8 Å². The van der Waals surface area contributed by atoms with E-state index >= 15 is 0 Å². The summed E-state index contributed by atoms with van der Waals surface area (Å²) in [6, 6.07) is 10.9. The summed E-state index contributed by atoms with van der Waals surface area (Å²) in [5, 5.41) is 6.19. The highest BCUT2D eigenvalue weighted by Gasteiger charge is 2.28. The first-order valence-electron chi connectivity index (χ1n) is 7.03. The van der Waals surface area contributed by atoms with Crippen molar-refractivity contribution in [1.29, 1.82) is 0 Å². The van der Waals surface area contributed by atoms with Crippen molar-refractivity contribution in [2.24, 2.45) is 0 Å². The van der Waals surface area contributed by atoms with Crippen LogP contribution in [-0.2, 0) is 0 Å². The van der Waals surface area contributed by atoms with Crippen LogP contribution in [0.15, 0.2) is 62.6 Å². The first-order valence-corrected chi connectivity index (χ1v) is 8.01. The zero-order valence-electron chi connectivity index (χ0n) is 12.5. The topological polar surface area (TPSA) is 68.3 Å². The van der Waals surface area contributed by atoms with Crippen LogP contribution >= 0.6 is 11.8 Å². The number of amides is 1. The van der Waals surface area contributed by atoms with Crippen LogP contribution in [0.4, 0.5) is 18.9 Å². The van der Waals surface area contributed by atoms with E-state index in [0.29, 0.717) is 22.4 Å². The number of anilines is 1. The smallest absolute Gasteiger partial charge is 0.398 e. The predicted molar refractivity (Wildman–Crippen MR) is 85.4 cm³/mol. The van der Waals surface area contributed by atoms with Crippen molar-refractivity contribution >= 4 is 23.4 Å². The third-order valence-electron chi connectivity index (χ3n) is 3.03. The molecule has 0 fully saturated rings. The van der Waals surface area contributed by atoms with Crippen LogP contribution in [0.25, 0.3) is 11.5 Å². The van der Waals surface area contributed by atoms with Gasteiger partial charge in [-0.3, -0.25) is 4.79 Å². The highest BCUT2D eigenvalue weighted by Crippen LogP contribution is 2.32. The van der Waals surface area contributed by atoms with E-state index in [2.05, 4.69) is 10.5 Å². The van der Waals surface area contributed by atoms with E-state index in [1.165, 1.54) is 24.5 Å². The van der Waals surface area contributed by atoms with E-state index in [0.717, 1.165) is 0 Å². The number of nitrogens with one attached hydrogen (secondary N) is 1. The minimum Gasteiger partial charge on any atom is -0.461 e. The van der Waals surface area contributed by atoms with Crippen molar-refractivity contribution in [3.63, 3.8) is 0 Å². The summed E-state index contributed by atoms with van der Waals surface area (Å²) >= 11 is 0.596. The number of aromatic nitrogens is 1. The Morgan fingerprint density at radius 1 is 1.16 bits per heavy atom. The van der Waals surface area contributed by atoms with Crippen LogP contribution in [-0.4, -0.2) is 23.0 Å². The van der Waals surface area contributed by atoms with Gasteiger partial charge in [-0.2, -0.15) is 13.2 Å². The van der Waals surface area contributed by atoms with Crippen LogP contribution in [0.1, 0.15) is 10.5 Å². The molecule has 0 unspecified atom stereocenters. The monoisotopic (exact) mass is 368 g/mol. The summed E-state index contributed by atoms with van der Waals surface area (Å²) in [5.41, 5.74) is 0.256. The number of thioether (sulfide) groups is 1. The minimum absolute atomic E-state index is 0.0120. The van der Waals surface area contributed by atoms with Gasteiger partial charge < -0.3 is 14.3 Å². The molecule has 1 amide bonds. The average Bonchev–Trinajstić information content (AvgIpc) is 3.24. The Balaban J connectivity index is 1.73. The molecule has 0 spiro atoms. The maximum absolute atomic E-state index is 12.4. The summed E-state index contributed by atoms with van der Waals surface area (Å²) in [4.78, 5) is 12.6. The molecule has 0 aliphatic rings. The van der Waals surface area contributed by atoms with Crippen LogP contribution in [0, 0.1) is 0 Å². The van der Waals surface area contributed by atoms with Crippen molar-refractivity contribution in [1.82, 2.24) is 5.16 Å². The fraction of sp³-hybridized carbons (Fsp3) is 0.125. The van der Waals surface area contributed by atoms with Gasteiger partial charge in [0.15, 0.2) is 11.5 Å². The van der Waals surface area contributed by atoms with E-state index in [1.807, 2.05) is 0 Å². The van der Waals surface area contributed by atoms with Gasteiger partial charge in [0, 0.05) is 11.0 Å². The van der Waals surface area contributed by atoms with Crippen LogP contribution in [0.3, 0.4) is 0 Å². The van der Waals surface area contributed by atoms with Gasteiger partial charge in [-0.15, -0.1) is 11.8 Å². The van der Waals surface area contributed by atoms with Gasteiger partial charge in [-0.1, -0.05) is 17.3 Å². The number of hydrogen-bond donors (Lipinski definition) is 1. The Morgan fingerprint density at radius 2 is 1.96 bits per heavy atom. The highest BCUT2D eigenvalue weighted by molar-refractivity contribution is 7.99. The third-order valence-corrected chi connectivity index (χ3v) is 4.17. The van der Waals surface area contributed by atoms with Gasteiger partial charge in [0.05, 0.1) is 17.7 Å². The average molecular weight is 368 g/mol. The van der Waals surface area contributed by atoms with Gasteiger partial charge in [-0.05, 0) is 24.3 Å². The molecule has 9 heteroatoms. The molecule has 3 aromatic rings. The fourth-order valence-corrected chi connectivity index (χ4v) is 2.73. The molecule has 3 rings (SSSR count). The molecular weight excluding hydrogens is 357 g/mol. The Morgan fingerprint density at radius 3 is 2.68 bits per heavy atom. The molecule has 2 aromatic heterocycles. The lowest BCUT2D eigenvalue weighted by atomic mass is 10.3. The second kappa shape index (κ2) is 7.06. The first-order chi connectivity index (χ1) is 11.9. The number of hydrogen-bond acceptors (Lipinski definition) is 5. The van der Waals surface area contributed by atoms with E-state index in [-0.39, 0.29) is 17.1 Å². The Bertz CT molecular complexity index is 860. The Hall–Kier alpha value is -2.68. The standard InChI is InChI=1S/C16H11F3N2O3S/c17-16(18,19)9-25-14-6-2-1-4-10(14)20-15(22)11-8-13(24-21-11)12-5-3-7-23-12/h1-8H,9H2,(H,20,22). The molecule has 0 radical (unpaired) electrons. The molecule has 5 nitrogen and oxygen atoms in total. The number of rotatable bonds is 5. The molecule has 1 aromatic carbocycles. The van der Waals surface area contributed by atoms with E-state index in [1.54, 1.807) is 24.3 Å². The van der Waals surface area contributed by atoms with Gasteiger partial charge >= 0.3 is 6.18 Å². The molecule has 25 heavy (non-hydrogen) atoms. The van der Waals surface area contributed by atoms with Crippen LogP contribution in [0.2, 0.25) is 0 Å². The number of benzene rings is 1. The quantitative estimate of drug-likeness (QED) is 0.653.